The highest BCUT2D eigenvalue weighted by Gasteiger charge is 2.55. The molecule has 0 aromatic heterocycles. The van der Waals surface area contributed by atoms with Gasteiger partial charge in [-0.2, -0.15) is 0 Å². The van der Waals surface area contributed by atoms with Crippen LogP contribution in [0.3, 0.4) is 0 Å². The molecule has 3 aliphatic rings. The normalized spacial score (nSPS) is 39.1. The predicted molar refractivity (Wildman–Crippen MR) is 80.6 cm³/mol. The van der Waals surface area contributed by atoms with E-state index in [4.69, 9.17) is 4.74 Å². The molecule has 0 aliphatic heterocycles. The molecule has 3 rings (SSSR count). The minimum Gasteiger partial charge on any atom is -0.396 e. The van der Waals surface area contributed by atoms with Gasteiger partial charge >= 0.3 is 0 Å². The van der Waals surface area contributed by atoms with Crippen LogP contribution >= 0.6 is 0 Å². The van der Waals surface area contributed by atoms with Crippen molar-refractivity contribution in [3.05, 3.63) is 12.2 Å². The van der Waals surface area contributed by atoms with Crippen LogP contribution in [0.4, 0.5) is 0 Å². The summed E-state index contributed by atoms with van der Waals surface area (Å²) in [5.41, 5.74) is 0.402. The van der Waals surface area contributed by atoms with Gasteiger partial charge in [0, 0.05) is 36.6 Å². The Kier molecular flexibility index (Phi) is 4.49. The van der Waals surface area contributed by atoms with Gasteiger partial charge in [-0.3, -0.25) is 0 Å². The summed E-state index contributed by atoms with van der Waals surface area (Å²) in [7, 11) is 0. The van der Waals surface area contributed by atoms with Crippen molar-refractivity contribution in [2.24, 2.45) is 11.3 Å². The predicted octanol–water partition coefficient (Wildman–Crippen LogP) is 2.64. The van der Waals surface area contributed by atoms with Crippen molar-refractivity contribution in [1.29, 1.82) is 0 Å². The fourth-order valence-electron chi connectivity index (χ4n) is 4.59. The molecule has 0 radical (unpaired) electrons. The van der Waals surface area contributed by atoms with E-state index in [9.17, 15) is 5.11 Å². The Morgan fingerprint density at radius 3 is 2.65 bits per heavy atom. The van der Waals surface area contributed by atoms with Crippen LogP contribution in [0.15, 0.2) is 12.2 Å². The summed E-state index contributed by atoms with van der Waals surface area (Å²) in [6.07, 6.45) is 13.9. The van der Waals surface area contributed by atoms with Crippen LogP contribution in [-0.2, 0) is 4.74 Å². The number of nitrogens with one attached hydrogen (secondary N) is 1. The van der Waals surface area contributed by atoms with Crippen molar-refractivity contribution in [1.82, 2.24) is 5.32 Å². The van der Waals surface area contributed by atoms with Crippen LogP contribution in [0.2, 0.25) is 0 Å². The van der Waals surface area contributed by atoms with Crippen molar-refractivity contribution in [2.45, 2.75) is 70.1 Å². The van der Waals surface area contributed by atoms with E-state index < -0.39 is 0 Å². The zero-order chi connectivity index (χ0) is 14.0. The Morgan fingerprint density at radius 1 is 1.20 bits per heavy atom. The van der Waals surface area contributed by atoms with E-state index in [0.717, 1.165) is 13.0 Å². The first-order valence-corrected chi connectivity index (χ1v) is 8.45. The van der Waals surface area contributed by atoms with Gasteiger partial charge in [0.2, 0.25) is 0 Å². The van der Waals surface area contributed by atoms with Gasteiger partial charge in [0.05, 0.1) is 6.10 Å². The first-order chi connectivity index (χ1) is 9.78. The van der Waals surface area contributed by atoms with Gasteiger partial charge < -0.3 is 15.2 Å². The molecule has 1 spiro atoms. The SMILES string of the molecule is CCO[C@H]1C[C@H](N[C@@H]2C=C[C@H](CO)C2)C12CCCCC2. The lowest BCUT2D eigenvalue weighted by Gasteiger charge is -2.58. The van der Waals surface area contributed by atoms with Gasteiger partial charge in [-0.05, 0) is 32.6 Å². The molecule has 0 unspecified atom stereocenters. The molecule has 0 heterocycles. The van der Waals surface area contributed by atoms with Crippen molar-refractivity contribution in [3.8, 4) is 0 Å². The van der Waals surface area contributed by atoms with Crippen LogP contribution in [0.25, 0.3) is 0 Å². The molecule has 0 aromatic rings. The maximum Gasteiger partial charge on any atom is 0.0661 e. The third kappa shape index (κ3) is 2.56. The zero-order valence-corrected chi connectivity index (χ0v) is 12.7. The fraction of sp³-hybridized carbons (Fsp3) is 0.882. The Morgan fingerprint density at radius 2 is 2.00 bits per heavy atom. The number of aliphatic hydroxyl groups is 1. The topological polar surface area (TPSA) is 41.5 Å². The lowest BCUT2D eigenvalue weighted by molar-refractivity contribution is -0.151. The molecular weight excluding hydrogens is 250 g/mol. The van der Waals surface area contributed by atoms with E-state index in [1.54, 1.807) is 0 Å². The highest BCUT2D eigenvalue weighted by Crippen LogP contribution is 2.53. The Bertz CT molecular complexity index is 349. The van der Waals surface area contributed by atoms with Crippen LogP contribution in [0.1, 0.15) is 51.9 Å². The number of rotatable bonds is 5. The molecule has 0 aromatic carbocycles. The van der Waals surface area contributed by atoms with E-state index in [1.165, 1.54) is 38.5 Å². The second-order valence-electron chi connectivity index (χ2n) is 6.86. The largest absolute Gasteiger partial charge is 0.396 e. The van der Waals surface area contributed by atoms with E-state index in [-0.39, 0.29) is 6.61 Å². The van der Waals surface area contributed by atoms with Gasteiger partial charge in [0.1, 0.15) is 0 Å². The van der Waals surface area contributed by atoms with Crippen LogP contribution in [0.5, 0.6) is 0 Å². The van der Waals surface area contributed by atoms with Crippen LogP contribution < -0.4 is 5.32 Å². The summed E-state index contributed by atoms with van der Waals surface area (Å²) in [6.45, 7) is 3.24. The van der Waals surface area contributed by atoms with Gasteiger partial charge in [-0.1, -0.05) is 31.4 Å². The molecule has 114 valence electrons. The van der Waals surface area contributed by atoms with Gasteiger partial charge in [0.25, 0.3) is 0 Å². The molecule has 2 fully saturated rings. The number of aliphatic hydroxyl groups excluding tert-OH is 1. The fourth-order valence-corrected chi connectivity index (χ4v) is 4.59. The quantitative estimate of drug-likeness (QED) is 0.760. The average Bonchev–Trinajstić information content (AvgIpc) is 2.95. The Hall–Kier alpha value is -0.380. The standard InChI is InChI=1S/C17H29NO2/c1-2-20-16-11-15(17(16)8-4-3-5-9-17)18-14-7-6-13(10-14)12-19/h6-7,13-16,18-19H,2-5,8-12H2,1H3/t13-,14+,15-,16-/m0/s1. The second-order valence-corrected chi connectivity index (χ2v) is 6.86. The molecule has 3 nitrogen and oxygen atoms in total. The van der Waals surface area contributed by atoms with Crippen LogP contribution in [-0.4, -0.2) is 36.5 Å². The van der Waals surface area contributed by atoms with E-state index >= 15 is 0 Å². The number of hydrogen-bond donors (Lipinski definition) is 2. The van der Waals surface area contributed by atoms with Gasteiger partial charge in [-0.25, -0.2) is 0 Å². The van der Waals surface area contributed by atoms with E-state index in [2.05, 4.69) is 24.4 Å². The summed E-state index contributed by atoms with van der Waals surface area (Å²) in [4.78, 5) is 0. The summed E-state index contributed by atoms with van der Waals surface area (Å²) >= 11 is 0. The molecule has 2 saturated carbocycles. The molecule has 4 atom stereocenters. The highest BCUT2D eigenvalue weighted by molar-refractivity contribution is 5.13. The Balaban J connectivity index is 1.60. The van der Waals surface area contributed by atoms with Crippen molar-refractivity contribution in [2.75, 3.05) is 13.2 Å². The number of hydrogen-bond acceptors (Lipinski definition) is 3. The second kappa shape index (κ2) is 6.17. The maximum atomic E-state index is 9.24. The summed E-state index contributed by atoms with van der Waals surface area (Å²) in [5.74, 6) is 0.359. The zero-order valence-electron chi connectivity index (χ0n) is 12.7. The van der Waals surface area contributed by atoms with Gasteiger partial charge in [0.15, 0.2) is 0 Å². The summed E-state index contributed by atoms with van der Waals surface area (Å²) in [6, 6.07) is 1.07. The molecule has 3 heteroatoms. The smallest absolute Gasteiger partial charge is 0.0661 e. The van der Waals surface area contributed by atoms with E-state index in [1.807, 2.05) is 0 Å². The molecule has 3 aliphatic carbocycles. The van der Waals surface area contributed by atoms with Crippen molar-refractivity contribution in [3.63, 3.8) is 0 Å². The van der Waals surface area contributed by atoms with Crippen molar-refractivity contribution < 1.29 is 9.84 Å². The molecule has 0 amide bonds. The van der Waals surface area contributed by atoms with Crippen LogP contribution in [0, 0.1) is 11.3 Å². The lowest BCUT2D eigenvalue weighted by atomic mass is 9.55. The van der Waals surface area contributed by atoms with E-state index in [0.29, 0.717) is 29.5 Å². The third-order valence-corrected chi connectivity index (χ3v) is 5.76. The summed E-state index contributed by atoms with van der Waals surface area (Å²) < 4.78 is 6.01. The minimum absolute atomic E-state index is 0.284. The van der Waals surface area contributed by atoms with Gasteiger partial charge in [-0.15, -0.1) is 0 Å². The number of ether oxygens (including phenoxy) is 1. The van der Waals surface area contributed by atoms with Crippen molar-refractivity contribution >= 4 is 0 Å². The highest BCUT2D eigenvalue weighted by atomic mass is 16.5. The molecule has 20 heavy (non-hydrogen) atoms. The molecule has 0 saturated heterocycles. The Labute approximate surface area is 122 Å². The molecule has 2 N–H and O–H groups in total. The lowest BCUT2D eigenvalue weighted by Crippen LogP contribution is -2.65. The molecular formula is C17H29NO2. The first-order valence-electron chi connectivity index (χ1n) is 8.45. The summed E-state index contributed by atoms with van der Waals surface area (Å²) in [5, 5.41) is 13.1. The molecule has 0 bridgehead atoms. The third-order valence-electron chi connectivity index (χ3n) is 5.76. The first kappa shape index (κ1) is 14.6. The monoisotopic (exact) mass is 279 g/mol. The minimum atomic E-state index is 0.284. The average molecular weight is 279 g/mol. The maximum absolute atomic E-state index is 9.24.